The summed E-state index contributed by atoms with van der Waals surface area (Å²) in [5, 5.41) is 0. The Bertz CT molecular complexity index is 489. The van der Waals surface area contributed by atoms with E-state index in [2.05, 4.69) is 66.5 Å². The average molecular weight is 448 g/mol. The van der Waals surface area contributed by atoms with Crippen LogP contribution in [-0.4, -0.2) is 24.7 Å². The topological polar surface area (TPSA) is 21.3 Å². The predicted octanol–water partition coefficient (Wildman–Crippen LogP) is 5.42. The first-order valence-electron chi connectivity index (χ1n) is 7.67. The molecule has 0 aromatic heterocycles. The third kappa shape index (κ3) is 8.17. The number of halogens is 2. The molecule has 0 aromatic rings. The normalized spacial score (nSPS) is 15.9. The molecule has 6 heteroatoms. The monoisotopic (exact) mass is 445 g/mol. The van der Waals surface area contributed by atoms with E-state index >= 15 is 0 Å². The van der Waals surface area contributed by atoms with E-state index in [1.807, 2.05) is 0 Å². The fraction of sp³-hybridized carbons (Fsp3) is 0.688. The molecule has 0 unspecified atom stereocenters. The molecule has 0 atom stereocenters. The Morgan fingerprint density at radius 2 is 1.82 bits per heavy atom. The van der Waals surface area contributed by atoms with Crippen molar-refractivity contribution in [3.63, 3.8) is 0 Å². The van der Waals surface area contributed by atoms with Gasteiger partial charge in [0.25, 0.3) is 0 Å². The minimum atomic E-state index is -3.35. The van der Waals surface area contributed by atoms with Gasteiger partial charge in [0.2, 0.25) is 0 Å². The first kappa shape index (κ1) is 25.2. The molecule has 1 aliphatic rings. The molecule has 2 nitrogen and oxygen atoms in total. The number of allylic oxidation sites excluding steroid dienone is 4. The summed E-state index contributed by atoms with van der Waals surface area (Å²) in [5.41, 5.74) is 0.102. The van der Waals surface area contributed by atoms with Crippen molar-refractivity contribution < 1.29 is 23.0 Å². The van der Waals surface area contributed by atoms with E-state index < -0.39 is 26.9 Å². The fourth-order valence-corrected chi connectivity index (χ4v) is 15.9. The summed E-state index contributed by atoms with van der Waals surface area (Å²) in [6, 6.07) is 0. The number of hydrogen-bond donors (Lipinski definition) is 1. The van der Waals surface area contributed by atoms with Gasteiger partial charge in [-0.05, 0) is 0 Å². The molecular weight excluding hydrogens is 412 g/mol. The van der Waals surface area contributed by atoms with Crippen molar-refractivity contribution >= 4 is 37.3 Å². The Morgan fingerprint density at radius 3 is 2.18 bits per heavy atom. The maximum atomic E-state index is 6.13. The van der Waals surface area contributed by atoms with Gasteiger partial charge in [-0.25, -0.2) is 0 Å². The van der Waals surface area contributed by atoms with E-state index in [1.165, 1.54) is 0 Å². The summed E-state index contributed by atoms with van der Waals surface area (Å²) < 4.78 is 20.0. The summed E-state index contributed by atoms with van der Waals surface area (Å²) in [6.45, 7) is 14.4. The molecule has 1 aliphatic carbocycles. The van der Waals surface area contributed by atoms with E-state index in [4.69, 9.17) is 8.64 Å². The van der Waals surface area contributed by atoms with Crippen LogP contribution in [0.1, 0.15) is 27.2 Å². The molecular formula is C16H35Cl2NOSiZr. The van der Waals surface area contributed by atoms with Crippen LogP contribution in [0, 0.1) is 0 Å². The molecule has 0 amide bonds. The molecule has 0 fully saturated rings. The van der Waals surface area contributed by atoms with Crippen LogP contribution >= 0.6 is 24.8 Å². The van der Waals surface area contributed by atoms with Gasteiger partial charge in [0.1, 0.15) is 0 Å². The summed E-state index contributed by atoms with van der Waals surface area (Å²) >= 11 is -3.35. The van der Waals surface area contributed by atoms with Gasteiger partial charge >= 0.3 is 128 Å². The molecule has 0 aliphatic heterocycles. The molecule has 0 bridgehead atoms. The molecule has 0 aromatic carbocycles. The summed E-state index contributed by atoms with van der Waals surface area (Å²) in [6.07, 6.45) is 7.80. The molecule has 0 saturated heterocycles. The standard InChI is InChI=1S/C5H13OSi.C5H5.C4H10N.CH3.CH2.2ClH.Zr/c1-5-6-7(2,3)4;1-2-4-5-3-1;1-4(2,3)5;;;;;/h1,5H2,2-4H3;1-3H,4H2;5H,1-3H3;1H3;1H2;2*1H;/q;;-1;;;;;+1. The van der Waals surface area contributed by atoms with Gasteiger partial charge in [0.05, 0.1) is 0 Å². The van der Waals surface area contributed by atoms with Gasteiger partial charge in [0.15, 0.2) is 0 Å². The van der Waals surface area contributed by atoms with Crippen LogP contribution in [0.15, 0.2) is 21.5 Å². The van der Waals surface area contributed by atoms with Gasteiger partial charge in [-0.1, -0.05) is 0 Å². The van der Waals surface area contributed by atoms with Crippen molar-refractivity contribution in [2.45, 2.75) is 61.1 Å². The van der Waals surface area contributed by atoms with Crippen molar-refractivity contribution in [3.8, 4) is 0 Å². The molecule has 0 heterocycles. The van der Waals surface area contributed by atoms with E-state index in [1.54, 1.807) is 3.28 Å². The second kappa shape index (κ2) is 8.36. The Kier molecular flexibility index (Phi) is 9.57. The second-order valence-electron chi connectivity index (χ2n) is 8.70. The molecule has 132 valence electrons. The fourth-order valence-electron chi connectivity index (χ4n) is 3.02. The van der Waals surface area contributed by atoms with Gasteiger partial charge in [0, 0.05) is 0 Å². The van der Waals surface area contributed by atoms with E-state index in [-0.39, 0.29) is 30.4 Å². The van der Waals surface area contributed by atoms with E-state index in [0.29, 0.717) is 0 Å². The summed E-state index contributed by atoms with van der Waals surface area (Å²) in [5.74, 6) is 0. The summed E-state index contributed by atoms with van der Waals surface area (Å²) in [7, 11) is -1.45. The van der Waals surface area contributed by atoms with Crippen molar-refractivity contribution in [2.75, 3.05) is 6.61 Å². The van der Waals surface area contributed by atoms with Crippen LogP contribution in [0.5, 0.6) is 0 Å². The molecule has 0 radical (unpaired) electrons. The van der Waals surface area contributed by atoms with Crippen LogP contribution in [0.4, 0.5) is 0 Å². The van der Waals surface area contributed by atoms with Crippen molar-refractivity contribution in [3.05, 3.63) is 21.5 Å². The zero-order valence-corrected chi connectivity index (χ0v) is 20.4. The summed E-state index contributed by atoms with van der Waals surface area (Å²) in [4.78, 5) is 0. The molecule has 0 saturated carbocycles. The molecule has 1 rings (SSSR count). The average Bonchev–Trinajstić information content (AvgIpc) is 2.63. The van der Waals surface area contributed by atoms with Gasteiger partial charge in [-0.15, -0.1) is 24.8 Å². The van der Waals surface area contributed by atoms with Crippen LogP contribution < -0.4 is 3.26 Å². The third-order valence-corrected chi connectivity index (χ3v) is 17.8. The van der Waals surface area contributed by atoms with E-state index in [9.17, 15) is 0 Å². The van der Waals surface area contributed by atoms with Gasteiger partial charge in [-0.3, -0.25) is 0 Å². The number of hydrogen-bond acceptors (Lipinski definition) is 2. The predicted molar refractivity (Wildman–Crippen MR) is 106 cm³/mol. The first-order chi connectivity index (χ1) is 8.81. The molecule has 22 heavy (non-hydrogen) atoms. The zero-order chi connectivity index (χ0) is 15.7. The van der Waals surface area contributed by atoms with Gasteiger partial charge < -0.3 is 0 Å². The quantitative estimate of drug-likeness (QED) is 0.549. The SMILES string of the molecule is Cl.Cl.[CH2]=[Zr]([CH3])([CH2]CO[Si](C)(C)C)([NH]C(C)(C)C)[C]1=CC=CC1. The van der Waals surface area contributed by atoms with Crippen LogP contribution in [-0.2, 0) is 23.0 Å². The van der Waals surface area contributed by atoms with Crippen molar-refractivity contribution in [1.82, 2.24) is 3.26 Å². The number of rotatable bonds is 6. The molecule has 1 N–H and O–H groups in total. The van der Waals surface area contributed by atoms with Crippen molar-refractivity contribution in [1.29, 1.82) is 0 Å². The van der Waals surface area contributed by atoms with Crippen LogP contribution in [0.25, 0.3) is 0 Å². The van der Waals surface area contributed by atoms with Crippen LogP contribution in [0.2, 0.25) is 28.4 Å². The Morgan fingerprint density at radius 1 is 1.27 bits per heavy atom. The number of nitrogens with one attached hydrogen (secondary N) is 1. The minimum absolute atomic E-state index is 0. The first-order valence-corrected chi connectivity index (χ1v) is 19.5. The Balaban J connectivity index is 0. The maximum absolute atomic E-state index is 6.13. The third-order valence-electron chi connectivity index (χ3n) is 3.76. The Labute approximate surface area is 152 Å². The van der Waals surface area contributed by atoms with E-state index in [0.717, 1.165) is 17.2 Å². The molecule has 0 spiro atoms. The Hall–Kier alpha value is 0.950. The second-order valence-corrected chi connectivity index (χ2v) is 27.9. The van der Waals surface area contributed by atoms with Gasteiger partial charge in [-0.2, -0.15) is 0 Å². The van der Waals surface area contributed by atoms with Crippen molar-refractivity contribution in [2.24, 2.45) is 0 Å². The zero-order valence-electron chi connectivity index (χ0n) is 15.3. The van der Waals surface area contributed by atoms with Crippen LogP contribution in [0.3, 0.4) is 0 Å².